The molecule has 0 radical (unpaired) electrons. The van der Waals surface area contributed by atoms with E-state index in [1.165, 1.54) is 17.3 Å². The highest BCUT2D eigenvalue weighted by Gasteiger charge is 2.21. The number of benzene rings is 1. The Kier molecular flexibility index (Phi) is 2.91. The van der Waals surface area contributed by atoms with Gasteiger partial charge in [0.05, 0.1) is 5.69 Å². The third-order valence-electron chi connectivity index (χ3n) is 3.46. The zero-order valence-electron chi connectivity index (χ0n) is 10.4. The molecule has 2 heterocycles. The summed E-state index contributed by atoms with van der Waals surface area (Å²) in [6.07, 6.45) is 2.45. The summed E-state index contributed by atoms with van der Waals surface area (Å²) in [5, 5.41) is 9.20. The molecule has 0 amide bonds. The van der Waals surface area contributed by atoms with E-state index in [-0.39, 0.29) is 5.69 Å². The molecule has 0 aliphatic carbocycles. The highest BCUT2D eigenvalue weighted by atomic mass is 16.4. The topological polar surface area (TPSA) is 53.4 Å². The number of nitrogens with zero attached hydrogens (tertiary/aromatic N) is 2. The first-order valence-corrected chi connectivity index (χ1v) is 6.26. The van der Waals surface area contributed by atoms with E-state index in [2.05, 4.69) is 22.0 Å². The van der Waals surface area contributed by atoms with E-state index < -0.39 is 5.97 Å². The number of aromatic nitrogens is 1. The summed E-state index contributed by atoms with van der Waals surface area (Å²) in [6.45, 7) is 1.56. The van der Waals surface area contributed by atoms with Crippen LogP contribution in [-0.4, -0.2) is 22.6 Å². The summed E-state index contributed by atoms with van der Waals surface area (Å²) in [7, 11) is 0. The second kappa shape index (κ2) is 4.72. The van der Waals surface area contributed by atoms with E-state index in [0.29, 0.717) is 5.69 Å². The third kappa shape index (κ3) is 2.17. The molecule has 1 aliphatic rings. The summed E-state index contributed by atoms with van der Waals surface area (Å²) in [5.41, 5.74) is 3.43. The number of hydrogen-bond donors (Lipinski definition) is 1. The van der Waals surface area contributed by atoms with Crippen LogP contribution < -0.4 is 4.90 Å². The number of carboxylic acid groups (broad SMARTS) is 1. The van der Waals surface area contributed by atoms with Gasteiger partial charge in [-0.15, -0.1) is 0 Å². The van der Waals surface area contributed by atoms with Crippen molar-refractivity contribution in [3.63, 3.8) is 0 Å². The number of pyridine rings is 1. The minimum Gasteiger partial charge on any atom is -0.476 e. The zero-order chi connectivity index (χ0) is 13.2. The van der Waals surface area contributed by atoms with Gasteiger partial charge in [0.2, 0.25) is 0 Å². The van der Waals surface area contributed by atoms with Crippen molar-refractivity contribution in [1.29, 1.82) is 0 Å². The lowest BCUT2D eigenvalue weighted by Gasteiger charge is -2.31. The van der Waals surface area contributed by atoms with Crippen molar-refractivity contribution in [1.82, 2.24) is 4.98 Å². The van der Waals surface area contributed by atoms with Crippen LogP contribution in [0.3, 0.4) is 0 Å². The molecule has 0 atom stereocenters. The van der Waals surface area contributed by atoms with Crippen LogP contribution in [-0.2, 0) is 13.0 Å². The van der Waals surface area contributed by atoms with Crippen molar-refractivity contribution < 1.29 is 9.90 Å². The Labute approximate surface area is 111 Å². The summed E-state index contributed by atoms with van der Waals surface area (Å²) >= 11 is 0. The smallest absolute Gasteiger partial charge is 0.356 e. The lowest BCUT2D eigenvalue weighted by molar-refractivity contribution is 0.0691. The fourth-order valence-corrected chi connectivity index (χ4v) is 2.52. The van der Waals surface area contributed by atoms with Gasteiger partial charge >= 0.3 is 5.97 Å². The minimum absolute atomic E-state index is 0.127. The van der Waals surface area contributed by atoms with E-state index in [1.54, 1.807) is 6.07 Å². The standard InChI is InChI=1S/C15H14N2O2/c18-15(19)14-13(6-3-8-16-14)17-9-7-11-4-1-2-5-12(11)10-17/h1-6,8H,7,9-10H2,(H,18,19). The van der Waals surface area contributed by atoms with E-state index in [9.17, 15) is 9.90 Å². The molecule has 96 valence electrons. The van der Waals surface area contributed by atoms with Gasteiger partial charge in [-0.25, -0.2) is 9.78 Å². The Morgan fingerprint density at radius 1 is 1.16 bits per heavy atom. The van der Waals surface area contributed by atoms with E-state index in [0.717, 1.165) is 19.5 Å². The number of rotatable bonds is 2. The van der Waals surface area contributed by atoms with E-state index in [1.807, 2.05) is 18.2 Å². The SMILES string of the molecule is O=C(O)c1ncccc1N1CCc2ccccc2C1. The number of aromatic carboxylic acids is 1. The number of anilines is 1. The molecule has 0 saturated heterocycles. The Morgan fingerprint density at radius 3 is 2.74 bits per heavy atom. The van der Waals surface area contributed by atoms with Gasteiger partial charge in [-0.2, -0.15) is 0 Å². The van der Waals surface area contributed by atoms with Crippen molar-refractivity contribution in [2.24, 2.45) is 0 Å². The molecular weight excluding hydrogens is 240 g/mol. The van der Waals surface area contributed by atoms with Crippen LogP contribution in [0.2, 0.25) is 0 Å². The summed E-state index contributed by atoms with van der Waals surface area (Å²) in [6, 6.07) is 11.9. The zero-order valence-corrected chi connectivity index (χ0v) is 10.4. The average molecular weight is 254 g/mol. The molecule has 4 nitrogen and oxygen atoms in total. The van der Waals surface area contributed by atoms with Crippen molar-refractivity contribution in [2.45, 2.75) is 13.0 Å². The van der Waals surface area contributed by atoms with Crippen molar-refractivity contribution >= 4 is 11.7 Å². The Balaban J connectivity index is 1.95. The Morgan fingerprint density at radius 2 is 1.95 bits per heavy atom. The third-order valence-corrected chi connectivity index (χ3v) is 3.46. The number of hydrogen-bond acceptors (Lipinski definition) is 3. The van der Waals surface area contributed by atoms with Gasteiger partial charge in [0.15, 0.2) is 5.69 Å². The highest BCUT2D eigenvalue weighted by molar-refractivity contribution is 5.92. The number of carboxylic acids is 1. The summed E-state index contributed by atoms with van der Waals surface area (Å²) in [4.78, 5) is 17.3. The molecule has 4 heteroatoms. The maximum absolute atomic E-state index is 11.2. The van der Waals surface area contributed by atoms with Crippen LogP contribution in [0.1, 0.15) is 21.6 Å². The predicted octanol–water partition coefficient (Wildman–Crippen LogP) is 2.34. The largest absolute Gasteiger partial charge is 0.476 e. The highest BCUT2D eigenvalue weighted by Crippen LogP contribution is 2.26. The van der Waals surface area contributed by atoms with Gasteiger partial charge in [0.25, 0.3) is 0 Å². The van der Waals surface area contributed by atoms with Crippen LogP contribution in [0.5, 0.6) is 0 Å². The van der Waals surface area contributed by atoms with Gasteiger partial charge in [-0.1, -0.05) is 24.3 Å². The quantitative estimate of drug-likeness (QED) is 0.893. The molecule has 0 saturated carbocycles. The molecule has 1 N–H and O–H groups in total. The maximum atomic E-state index is 11.2. The first kappa shape index (κ1) is 11.7. The number of fused-ring (bicyclic) bond motifs is 1. The van der Waals surface area contributed by atoms with Crippen molar-refractivity contribution in [2.75, 3.05) is 11.4 Å². The van der Waals surface area contributed by atoms with Gasteiger partial charge in [0.1, 0.15) is 0 Å². The van der Waals surface area contributed by atoms with Crippen LogP contribution in [0.4, 0.5) is 5.69 Å². The molecule has 1 aliphatic heterocycles. The fraction of sp³-hybridized carbons (Fsp3) is 0.200. The molecule has 0 spiro atoms. The van der Waals surface area contributed by atoms with E-state index in [4.69, 9.17) is 0 Å². The summed E-state index contributed by atoms with van der Waals surface area (Å²) < 4.78 is 0. The lowest BCUT2D eigenvalue weighted by Crippen LogP contribution is -2.31. The average Bonchev–Trinajstić information content (AvgIpc) is 2.46. The molecule has 1 aromatic heterocycles. The second-order valence-corrected chi connectivity index (χ2v) is 4.62. The van der Waals surface area contributed by atoms with Crippen molar-refractivity contribution in [3.8, 4) is 0 Å². The van der Waals surface area contributed by atoms with E-state index >= 15 is 0 Å². The Bertz CT molecular complexity index is 625. The van der Waals surface area contributed by atoms with Crippen LogP contribution in [0, 0.1) is 0 Å². The molecule has 2 aromatic rings. The van der Waals surface area contributed by atoms with Gasteiger partial charge in [-0.3, -0.25) is 0 Å². The Hall–Kier alpha value is -2.36. The minimum atomic E-state index is -0.977. The second-order valence-electron chi connectivity index (χ2n) is 4.62. The van der Waals surface area contributed by atoms with Crippen LogP contribution >= 0.6 is 0 Å². The van der Waals surface area contributed by atoms with Crippen molar-refractivity contribution in [3.05, 3.63) is 59.4 Å². The fourth-order valence-electron chi connectivity index (χ4n) is 2.52. The molecule has 3 rings (SSSR count). The maximum Gasteiger partial charge on any atom is 0.356 e. The molecule has 1 aromatic carbocycles. The lowest BCUT2D eigenvalue weighted by atomic mass is 9.99. The first-order valence-electron chi connectivity index (χ1n) is 6.26. The van der Waals surface area contributed by atoms with Crippen LogP contribution in [0.25, 0.3) is 0 Å². The van der Waals surface area contributed by atoms with Gasteiger partial charge in [0, 0.05) is 19.3 Å². The number of carbonyl (C=O) groups is 1. The predicted molar refractivity (Wildman–Crippen MR) is 72.4 cm³/mol. The molecular formula is C15H14N2O2. The molecule has 0 unspecified atom stereocenters. The monoisotopic (exact) mass is 254 g/mol. The van der Waals surface area contributed by atoms with Gasteiger partial charge in [-0.05, 0) is 29.7 Å². The van der Waals surface area contributed by atoms with Gasteiger partial charge < -0.3 is 10.0 Å². The van der Waals surface area contributed by atoms with Crippen LogP contribution in [0.15, 0.2) is 42.6 Å². The first-order chi connectivity index (χ1) is 9.25. The summed E-state index contributed by atoms with van der Waals surface area (Å²) in [5.74, 6) is -0.977. The molecule has 0 bridgehead atoms. The molecule has 0 fully saturated rings. The molecule has 19 heavy (non-hydrogen) atoms. The normalized spacial score (nSPS) is 14.0.